The zero-order chi connectivity index (χ0) is 9.03. The smallest absolute Gasteiger partial charge is 0.215 e. The van der Waals surface area contributed by atoms with E-state index in [0.717, 1.165) is 25.7 Å². The zero-order valence-electron chi connectivity index (χ0n) is 7.65. The first-order valence-electron chi connectivity index (χ1n) is 4.69. The highest BCUT2D eigenvalue weighted by molar-refractivity contribution is 4.87. The fraction of sp³-hybridized carbons (Fsp3) is 0.900. The van der Waals surface area contributed by atoms with E-state index in [1.165, 1.54) is 0 Å². The average molecular weight is 169 g/mol. The normalized spacial score (nSPS) is 35.9. The average Bonchev–Trinajstić information content (AvgIpc) is 2.02. The molecule has 2 atom stereocenters. The van der Waals surface area contributed by atoms with Crippen molar-refractivity contribution >= 4 is 0 Å². The Labute approximate surface area is 73.8 Å². The monoisotopic (exact) mass is 169 g/mol. The van der Waals surface area contributed by atoms with E-state index in [-0.39, 0.29) is 5.92 Å². The van der Waals surface area contributed by atoms with Crippen LogP contribution in [0.5, 0.6) is 0 Å². The Kier molecular flexibility index (Phi) is 3.08. The molecule has 0 aromatic carbocycles. The first-order chi connectivity index (χ1) is 5.67. The minimum Gasteiger partial charge on any atom is -0.317 e. The molecular formula is C10H16FN. The van der Waals surface area contributed by atoms with Crippen LogP contribution in [0.15, 0.2) is 0 Å². The number of halogens is 1. The maximum Gasteiger partial charge on any atom is 0.215 e. The lowest BCUT2D eigenvalue weighted by molar-refractivity contribution is 0.0541. The van der Waals surface area contributed by atoms with E-state index in [9.17, 15) is 4.39 Å². The van der Waals surface area contributed by atoms with Gasteiger partial charge in [-0.2, -0.15) is 0 Å². The first-order valence-corrected chi connectivity index (χ1v) is 4.69. The van der Waals surface area contributed by atoms with Gasteiger partial charge in [-0.1, -0.05) is 12.8 Å². The summed E-state index contributed by atoms with van der Waals surface area (Å²) in [4.78, 5) is 3.28. The lowest BCUT2D eigenvalue weighted by Gasteiger charge is -2.33. The quantitative estimate of drug-likeness (QED) is 0.559. The van der Waals surface area contributed by atoms with Gasteiger partial charge in [-0.25, -0.2) is 11.0 Å². The van der Waals surface area contributed by atoms with Crippen LogP contribution >= 0.6 is 0 Å². The molecule has 12 heavy (non-hydrogen) atoms. The Morgan fingerprint density at radius 1 is 1.58 bits per heavy atom. The predicted octanol–water partition coefficient (Wildman–Crippen LogP) is 3.21. The summed E-state index contributed by atoms with van der Waals surface area (Å²) in [5.41, 5.74) is -0.997. The first kappa shape index (κ1) is 9.51. The second-order valence-corrected chi connectivity index (χ2v) is 3.89. The van der Waals surface area contributed by atoms with Gasteiger partial charge in [0.25, 0.3) is 0 Å². The lowest BCUT2D eigenvalue weighted by atomic mass is 9.76. The van der Waals surface area contributed by atoms with Gasteiger partial charge in [0.2, 0.25) is 6.54 Å². The van der Waals surface area contributed by atoms with Gasteiger partial charge in [0.05, 0.1) is 0 Å². The van der Waals surface area contributed by atoms with Crippen LogP contribution in [0, 0.1) is 12.5 Å². The van der Waals surface area contributed by atoms with Gasteiger partial charge in [-0.15, -0.1) is 0 Å². The molecule has 0 aromatic heterocycles. The minimum atomic E-state index is -0.997. The van der Waals surface area contributed by atoms with Crippen molar-refractivity contribution in [2.45, 2.75) is 44.7 Å². The minimum absolute atomic E-state index is 0.139. The SMILES string of the molecule is [C-]#[N+]CCC1CCCCC1(C)F. The Balaban J connectivity index is 2.44. The van der Waals surface area contributed by atoms with E-state index >= 15 is 0 Å². The summed E-state index contributed by atoms with van der Waals surface area (Å²) in [5, 5.41) is 0. The van der Waals surface area contributed by atoms with E-state index in [2.05, 4.69) is 4.85 Å². The third-order valence-electron chi connectivity index (χ3n) is 2.91. The molecule has 2 unspecified atom stereocenters. The largest absolute Gasteiger partial charge is 0.317 e. The van der Waals surface area contributed by atoms with Gasteiger partial charge in [0, 0.05) is 6.42 Å². The predicted molar refractivity (Wildman–Crippen MR) is 47.6 cm³/mol. The summed E-state index contributed by atoms with van der Waals surface area (Å²) in [7, 11) is 0. The summed E-state index contributed by atoms with van der Waals surface area (Å²) in [5.74, 6) is 0.139. The highest BCUT2D eigenvalue weighted by Gasteiger charge is 2.36. The highest BCUT2D eigenvalue weighted by Crippen LogP contribution is 2.38. The molecule has 1 nitrogen and oxygen atoms in total. The Morgan fingerprint density at radius 3 is 2.92 bits per heavy atom. The third-order valence-corrected chi connectivity index (χ3v) is 2.91. The molecule has 0 spiro atoms. The van der Waals surface area contributed by atoms with Crippen molar-refractivity contribution in [1.29, 1.82) is 0 Å². The van der Waals surface area contributed by atoms with Crippen LogP contribution in [-0.4, -0.2) is 12.2 Å². The summed E-state index contributed by atoms with van der Waals surface area (Å²) in [6, 6.07) is 0. The van der Waals surface area contributed by atoms with Crippen LogP contribution in [0.4, 0.5) is 4.39 Å². The molecule has 0 N–H and O–H groups in total. The molecule has 1 fully saturated rings. The second kappa shape index (κ2) is 3.89. The van der Waals surface area contributed by atoms with Crippen molar-refractivity contribution in [1.82, 2.24) is 0 Å². The molecule has 0 amide bonds. The molecule has 0 aromatic rings. The van der Waals surface area contributed by atoms with Crippen LogP contribution in [0.2, 0.25) is 0 Å². The molecule has 0 aliphatic heterocycles. The van der Waals surface area contributed by atoms with Crippen molar-refractivity contribution in [3.05, 3.63) is 11.4 Å². The van der Waals surface area contributed by atoms with E-state index in [0.29, 0.717) is 13.0 Å². The molecule has 0 radical (unpaired) electrons. The molecular weight excluding hydrogens is 153 g/mol. The highest BCUT2D eigenvalue weighted by atomic mass is 19.1. The van der Waals surface area contributed by atoms with Crippen molar-refractivity contribution in [3.63, 3.8) is 0 Å². The van der Waals surface area contributed by atoms with Crippen molar-refractivity contribution < 1.29 is 4.39 Å². The van der Waals surface area contributed by atoms with Gasteiger partial charge in [-0.05, 0) is 25.7 Å². The number of hydrogen-bond donors (Lipinski definition) is 0. The summed E-state index contributed by atoms with van der Waals surface area (Å²) in [6.45, 7) is 8.84. The molecule has 1 rings (SSSR count). The van der Waals surface area contributed by atoms with Crippen LogP contribution in [0.25, 0.3) is 4.85 Å². The van der Waals surface area contributed by atoms with Gasteiger partial charge in [0.1, 0.15) is 5.67 Å². The Bertz CT molecular complexity index is 181. The van der Waals surface area contributed by atoms with Gasteiger partial charge >= 0.3 is 0 Å². The standard InChI is InChI=1S/C10H16FN/c1-10(11)7-4-3-5-9(10)6-8-12-2/h9H,3-8H2,1H3. The molecule has 1 aliphatic carbocycles. The molecule has 68 valence electrons. The van der Waals surface area contributed by atoms with Gasteiger partial charge in [-0.3, -0.25) is 0 Å². The Morgan fingerprint density at radius 2 is 2.33 bits per heavy atom. The van der Waals surface area contributed by atoms with Gasteiger partial charge in [0.15, 0.2) is 0 Å². The molecule has 2 heteroatoms. The van der Waals surface area contributed by atoms with Crippen molar-refractivity contribution in [2.75, 3.05) is 6.54 Å². The van der Waals surface area contributed by atoms with E-state index in [1.54, 1.807) is 6.92 Å². The maximum absolute atomic E-state index is 13.8. The number of alkyl halides is 1. The third kappa shape index (κ3) is 2.20. The molecule has 0 bridgehead atoms. The van der Waals surface area contributed by atoms with E-state index in [4.69, 9.17) is 6.57 Å². The second-order valence-electron chi connectivity index (χ2n) is 3.89. The van der Waals surface area contributed by atoms with E-state index in [1.807, 2.05) is 0 Å². The van der Waals surface area contributed by atoms with Crippen molar-refractivity contribution in [2.24, 2.45) is 5.92 Å². The number of nitrogens with zero attached hydrogens (tertiary/aromatic N) is 1. The Hall–Kier alpha value is -0.580. The van der Waals surface area contributed by atoms with Crippen LogP contribution in [0.1, 0.15) is 39.0 Å². The fourth-order valence-electron chi connectivity index (χ4n) is 2.03. The van der Waals surface area contributed by atoms with Gasteiger partial charge < -0.3 is 4.85 Å². The summed E-state index contributed by atoms with van der Waals surface area (Å²) in [6.07, 6.45) is 4.57. The van der Waals surface area contributed by atoms with Crippen molar-refractivity contribution in [3.8, 4) is 0 Å². The van der Waals surface area contributed by atoms with Crippen LogP contribution in [0.3, 0.4) is 0 Å². The van der Waals surface area contributed by atoms with Crippen LogP contribution in [-0.2, 0) is 0 Å². The number of rotatable bonds is 2. The molecule has 0 heterocycles. The summed E-state index contributed by atoms with van der Waals surface area (Å²) < 4.78 is 13.8. The number of hydrogen-bond acceptors (Lipinski definition) is 0. The molecule has 1 aliphatic rings. The molecule has 0 saturated heterocycles. The lowest BCUT2D eigenvalue weighted by Crippen LogP contribution is -2.33. The maximum atomic E-state index is 13.8. The molecule has 1 saturated carbocycles. The van der Waals surface area contributed by atoms with E-state index < -0.39 is 5.67 Å². The van der Waals surface area contributed by atoms with Crippen LogP contribution < -0.4 is 0 Å². The zero-order valence-corrected chi connectivity index (χ0v) is 7.65. The topological polar surface area (TPSA) is 4.36 Å². The fourth-order valence-corrected chi connectivity index (χ4v) is 2.03. The summed E-state index contributed by atoms with van der Waals surface area (Å²) >= 11 is 0.